The summed E-state index contributed by atoms with van der Waals surface area (Å²) < 4.78 is 112. The van der Waals surface area contributed by atoms with Gasteiger partial charge in [-0.25, -0.2) is 36.1 Å². The first-order valence-corrected chi connectivity index (χ1v) is 12.6. The molecule has 0 saturated heterocycles. The van der Waals surface area contributed by atoms with Gasteiger partial charge in [-0.2, -0.15) is 13.8 Å². The maximum Gasteiger partial charge on any atom is 0.354 e. The number of carbonyl (C=O) groups is 1. The Morgan fingerprint density at radius 1 is 0.614 bits per heavy atom. The van der Waals surface area contributed by atoms with Crippen molar-refractivity contribution in [2.45, 2.75) is 19.3 Å². The summed E-state index contributed by atoms with van der Waals surface area (Å²) in [5, 5.41) is 9.72. The number of benzene rings is 2. The zero-order valence-electron chi connectivity index (χ0n) is 22.5. The van der Waals surface area contributed by atoms with Gasteiger partial charge in [-0.05, 0) is 96.8 Å². The number of nitrogens with zero attached hydrogens (tertiary/aromatic N) is 3. The van der Waals surface area contributed by atoms with Crippen molar-refractivity contribution in [2.24, 2.45) is 0 Å². The number of aromatic nitrogens is 3. The van der Waals surface area contributed by atoms with Gasteiger partial charge in [0.2, 0.25) is 11.9 Å². The molecule has 1 N–H and O–H groups in total. The molecule has 224 valence electrons. The zero-order valence-corrected chi connectivity index (χ0v) is 22.5. The van der Waals surface area contributed by atoms with Crippen molar-refractivity contribution in [3.8, 4) is 33.5 Å². The molecule has 0 saturated carbocycles. The van der Waals surface area contributed by atoms with Crippen LogP contribution < -0.4 is 0 Å². The highest BCUT2D eigenvalue weighted by Crippen LogP contribution is 2.37. The summed E-state index contributed by atoms with van der Waals surface area (Å²) in [5.41, 5.74) is -3.06. The number of rotatable bonds is 6. The van der Waals surface area contributed by atoms with Crippen molar-refractivity contribution < 1.29 is 45.0 Å². The standard InChI is InChI=1S/C31H17F8N3O2/c1-31(2,25-12-16(10-23(41-25)30(43)44)14-7-20(34)28(38)21(35)8-14)24-11-15(13-5-18(32)27(37)19(33)6-13)9-22(40-24)17-3-4-26(36)42-29(17)39/h3-12H,1-2H3,(H,43,44). The first kappa shape index (κ1) is 30.3. The quantitative estimate of drug-likeness (QED) is 0.119. The van der Waals surface area contributed by atoms with Gasteiger partial charge < -0.3 is 5.11 Å². The fourth-order valence-corrected chi connectivity index (χ4v) is 4.46. The maximum atomic E-state index is 14.8. The minimum atomic E-state index is -1.73. The summed E-state index contributed by atoms with van der Waals surface area (Å²) in [7, 11) is 0. The lowest BCUT2D eigenvalue weighted by Gasteiger charge is -2.26. The molecule has 0 radical (unpaired) electrons. The molecule has 5 nitrogen and oxygen atoms in total. The van der Waals surface area contributed by atoms with Crippen molar-refractivity contribution in [1.82, 2.24) is 15.0 Å². The lowest BCUT2D eigenvalue weighted by Crippen LogP contribution is -2.24. The number of hydrogen-bond donors (Lipinski definition) is 1. The molecular formula is C31H17F8N3O2. The third-order valence-corrected chi connectivity index (χ3v) is 6.88. The molecule has 44 heavy (non-hydrogen) atoms. The van der Waals surface area contributed by atoms with E-state index in [1.807, 2.05) is 0 Å². The summed E-state index contributed by atoms with van der Waals surface area (Å²) >= 11 is 0. The van der Waals surface area contributed by atoms with Gasteiger partial charge in [-0.1, -0.05) is 0 Å². The second kappa shape index (κ2) is 11.1. The third kappa shape index (κ3) is 5.60. The monoisotopic (exact) mass is 615 g/mol. The zero-order chi connectivity index (χ0) is 32.1. The number of pyridine rings is 3. The highest BCUT2D eigenvalue weighted by molar-refractivity contribution is 5.87. The normalized spacial score (nSPS) is 11.6. The number of carboxylic acids is 1. The average Bonchev–Trinajstić information content (AvgIpc) is 2.97. The Hall–Kier alpha value is -5.20. The highest BCUT2D eigenvalue weighted by atomic mass is 19.2. The van der Waals surface area contributed by atoms with E-state index >= 15 is 0 Å². The molecule has 0 atom stereocenters. The van der Waals surface area contributed by atoms with Gasteiger partial charge in [0.1, 0.15) is 5.69 Å². The molecule has 0 amide bonds. The number of aromatic carboxylic acids is 1. The van der Waals surface area contributed by atoms with Crippen LogP contribution >= 0.6 is 0 Å². The molecule has 0 unspecified atom stereocenters. The van der Waals surface area contributed by atoms with Crippen molar-refractivity contribution >= 4 is 5.97 Å². The molecule has 5 aromatic rings. The van der Waals surface area contributed by atoms with Gasteiger partial charge in [0.15, 0.2) is 34.9 Å². The van der Waals surface area contributed by atoms with Crippen LogP contribution in [0.3, 0.4) is 0 Å². The second-order valence-electron chi connectivity index (χ2n) is 10.2. The van der Waals surface area contributed by atoms with Crippen LogP contribution in [0.15, 0.2) is 60.7 Å². The Morgan fingerprint density at radius 3 is 1.55 bits per heavy atom. The Bertz CT molecular complexity index is 1930. The van der Waals surface area contributed by atoms with E-state index in [1.54, 1.807) is 0 Å². The number of carboxylic acid groups (broad SMARTS) is 1. The Balaban J connectivity index is 1.76. The fourth-order valence-electron chi connectivity index (χ4n) is 4.46. The van der Waals surface area contributed by atoms with Gasteiger partial charge in [0.05, 0.1) is 22.6 Å². The Kier molecular flexibility index (Phi) is 7.66. The summed E-state index contributed by atoms with van der Waals surface area (Å²) in [6, 6.07) is 9.34. The molecule has 3 heterocycles. The van der Waals surface area contributed by atoms with Crippen molar-refractivity contribution in [3.63, 3.8) is 0 Å². The van der Waals surface area contributed by atoms with Crippen LogP contribution in [-0.2, 0) is 5.41 Å². The molecule has 0 aliphatic rings. The molecule has 0 aliphatic heterocycles. The summed E-state index contributed by atoms with van der Waals surface area (Å²) in [5.74, 6) is -13.5. The van der Waals surface area contributed by atoms with E-state index in [0.29, 0.717) is 24.3 Å². The number of halogens is 8. The molecule has 0 bridgehead atoms. The van der Waals surface area contributed by atoms with Gasteiger partial charge in [0, 0.05) is 5.41 Å². The molecule has 0 aliphatic carbocycles. The fraction of sp³-hybridized carbons (Fsp3) is 0.0968. The SMILES string of the molecule is CC(C)(c1cc(-c2cc(F)c(F)c(F)c2)cc(C(=O)O)n1)c1cc(-c2cc(F)c(F)c(F)c2)cc(-c2ccc(F)nc2F)n1. The number of hydrogen-bond acceptors (Lipinski definition) is 4. The van der Waals surface area contributed by atoms with Crippen LogP contribution in [0, 0.1) is 46.8 Å². The highest BCUT2D eigenvalue weighted by Gasteiger charge is 2.30. The van der Waals surface area contributed by atoms with E-state index in [0.717, 1.165) is 18.2 Å². The first-order valence-electron chi connectivity index (χ1n) is 12.6. The predicted molar refractivity (Wildman–Crippen MR) is 141 cm³/mol. The van der Waals surface area contributed by atoms with Crippen LogP contribution in [0.2, 0.25) is 0 Å². The topological polar surface area (TPSA) is 76.0 Å². The molecule has 0 spiro atoms. The van der Waals surface area contributed by atoms with E-state index in [4.69, 9.17) is 0 Å². The molecule has 13 heteroatoms. The summed E-state index contributed by atoms with van der Waals surface area (Å²) in [4.78, 5) is 23.6. The first-order chi connectivity index (χ1) is 20.6. The summed E-state index contributed by atoms with van der Waals surface area (Å²) in [6.07, 6.45) is 0. The van der Waals surface area contributed by atoms with E-state index in [9.17, 15) is 45.0 Å². The Morgan fingerprint density at radius 2 is 1.07 bits per heavy atom. The average molecular weight is 615 g/mol. The molecule has 2 aromatic carbocycles. The van der Waals surface area contributed by atoms with E-state index in [2.05, 4.69) is 15.0 Å². The molecule has 3 aromatic heterocycles. The third-order valence-electron chi connectivity index (χ3n) is 6.88. The lowest BCUT2D eigenvalue weighted by atomic mass is 9.82. The van der Waals surface area contributed by atoms with Crippen molar-refractivity contribution in [3.05, 3.63) is 125 Å². The van der Waals surface area contributed by atoms with Gasteiger partial charge >= 0.3 is 5.97 Å². The molecule has 5 rings (SSSR count). The lowest BCUT2D eigenvalue weighted by molar-refractivity contribution is 0.0690. The van der Waals surface area contributed by atoms with Crippen LogP contribution in [-0.4, -0.2) is 26.0 Å². The van der Waals surface area contributed by atoms with Gasteiger partial charge in [0.25, 0.3) is 0 Å². The van der Waals surface area contributed by atoms with E-state index in [1.165, 1.54) is 32.0 Å². The summed E-state index contributed by atoms with van der Waals surface area (Å²) in [6.45, 7) is 3.00. The second-order valence-corrected chi connectivity index (χ2v) is 10.2. The van der Waals surface area contributed by atoms with E-state index in [-0.39, 0.29) is 44.9 Å². The van der Waals surface area contributed by atoms with Crippen molar-refractivity contribution in [2.75, 3.05) is 0 Å². The maximum absolute atomic E-state index is 14.8. The van der Waals surface area contributed by atoms with Gasteiger partial charge in [-0.15, -0.1) is 0 Å². The minimum absolute atomic E-state index is 0.00288. The molecular weight excluding hydrogens is 598 g/mol. The van der Waals surface area contributed by atoms with Crippen LogP contribution in [0.5, 0.6) is 0 Å². The predicted octanol–water partition coefficient (Wildman–Crippen LogP) is 8.01. The van der Waals surface area contributed by atoms with Crippen LogP contribution in [0.1, 0.15) is 35.7 Å². The van der Waals surface area contributed by atoms with Crippen LogP contribution in [0.4, 0.5) is 35.1 Å². The van der Waals surface area contributed by atoms with Gasteiger partial charge in [-0.3, -0.25) is 4.98 Å². The Labute approximate surface area is 243 Å². The largest absolute Gasteiger partial charge is 0.477 e. The molecule has 0 fully saturated rings. The minimum Gasteiger partial charge on any atom is -0.477 e. The van der Waals surface area contributed by atoms with E-state index < -0.39 is 63.9 Å². The van der Waals surface area contributed by atoms with Crippen LogP contribution in [0.25, 0.3) is 33.5 Å². The van der Waals surface area contributed by atoms with Crippen molar-refractivity contribution in [1.29, 1.82) is 0 Å². The smallest absolute Gasteiger partial charge is 0.354 e.